The van der Waals surface area contributed by atoms with Crippen LogP contribution in [0.15, 0.2) is 18.2 Å². The van der Waals surface area contributed by atoms with Gasteiger partial charge in [-0.25, -0.2) is 0 Å². The minimum atomic E-state index is -0.994. The molecule has 0 spiro atoms. The van der Waals surface area contributed by atoms with Crippen molar-refractivity contribution in [3.8, 4) is 0 Å². The van der Waals surface area contributed by atoms with Crippen LogP contribution < -0.4 is 5.73 Å². The molecule has 0 aromatic heterocycles. The van der Waals surface area contributed by atoms with Gasteiger partial charge in [0.05, 0.1) is 12.3 Å². The summed E-state index contributed by atoms with van der Waals surface area (Å²) < 4.78 is 0. The van der Waals surface area contributed by atoms with Gasteiger partial charge in [-0.15, -0.1) is 0 Å². The molecule has 0 amide bonds. The van der Waals surface area contributed by atoms with Crippen molar-refractivity contribution in [1.29, 1.82) is 0 Å². The first-order valence-corrected chi connectivity index (χ1v) is 4.74. The van der Waals surface area contributed by atoms with E-state index in [2.05, 4.69) is 0 Å². The molecular formula is C11H15NNa2O4. The van der Waals surface area contributed by atoms with Crippen LogP contribution in [0.5, 0.6) is 0 Å². The SMILES string of the molecule is CC(C(=O)O)c1ccc(N)c(CC(=O)O)c1.[NaH].[NaH]. The van der Waals surface area contributed by atoms with Gasteiger partial charge in [0.1, 0.15) is 0 Å². The summed E-state index contributed by atoms with van der Waals surface area (Å²) in [5.74, 6) is -2.62. The molecule has 7 heteroatoms. The van der Waals surface area contributed by atoms with Crippen molar-refractivity contribution in [1.82, 2.24) is 0 Å². The van der Waals surface area contributed by atoms with Gasteiger partial charge in [0.2, 0.25) is 0 Å². The third-order valence-corrected chi connectivity index (χ3v) is 2.38. The predicted octanol–water partition coefficient (Wildman–Crippen LogP) is -0.213. The Kier molecular flexibility index (Phi) is 10.1. The molecule has 0 heterocycles. The number of hydrogen-bond donors (Lipinski definition) is 3. The van der Waals surface area contributed by atoms with Crippen LogP contribution in [0.3, 0.4) is 0 Å². The van der Waals surface area contributed by atoms with E-state index in [0.29, 0.717) is 16.8 Å². The van der Waals surface area contributed by atoms with E-state index in [4.69, 9.17) is 15.9 Å². The van der Waals surface area contributed by atoms with Crippen molar-refractivity contribution in [3.63, 3.8) is 0 Å². The second-order valence-corrected chi connectivity index (χ2v) is 3.59. The molecule has 5 nitrogen and oxygen atoms in total. The maximum absolute atomic E-state index is 10.8. The number of carbonyl (C=O) groups is 2. The standard InChI is InChI=1S/C11H13NO4.2Na.2H/c1-6(11(15)16)7-2-3-9(12)8(4-7)5-10(13)14;;;;/h2-4,6H,5,12H2,1H3,(H,13,14)(H,15,16);;;;. The number of anilines is 1. The van der Waals surface area contributed by atoms with Gasteiger partial charge in [-0.3, -0.25) is 9.59 Å². The van der Waals surface area contributed by atoms with Crippen molar-refractivity contribution >= 4 is 76.7 Å². The quantitative estimate of drug-likeness (QED) is 0.519. The summed E-state index contributed by atoms with van der Waals surface area (Å²) in [6.07, 6.45) is -0.202. The zero-order valence-corrected chi connectivity index (χ0v) is 8.80. The number of rotatable bonds is 4. The van der Waals surface area contributed by atoms with Gasteiger partial charge in [-0.05, 0) is 24.1 Å². The molecule has 0 bridgehead atoms. The Morgan fingerprint density at radius 3 is 2.28 bits per heavy atom. The van der Waals surface area contributed by atoms with Gasteiger partial charge in [0.25, 0.3) is 0 Å². The molecule has 0 aliphatic heterocycles. The number of carboxylic acids is 2. The molecule has 0 radical (unpaired) electrons. The molecule has 0 fully saturated rings. The first kappa shape index (κ1) is 20.3. The van der Waals surface area contributed by atoms with Crippen molar-refractivity contribution in [2.24, 2.45) is 0 Å². The monoisotopic (exact) mass is 271 g/mol. The molecule has 1 atom stereocenters. The van der Waals surface area contributed by atoms with E-state index in [-0.39, 0.29) is 65.5 Å². The summed E-state index contributed by atoms with van der Waals surface area (Å²) in [6, 6.07) is 4.66. The van der Waals surface area contributed by atoms with E-state index < -0.39 is 17.9 Å². The molecule has 90 valence electrons. The van der Waals surface area contributed by atoms with Gasteiger partial charge in [-0.1, -0.05) is 12.1 Å². The van der Waals surface area contributed by atoms with Crippen molar-refractivity contribution in [3.05, 3.63) is 29.3 Å². The first-order valence-electron chi connectivity index (χ1n) is 4.74. The second kappa shape index (κ2) is 8.96. The fourth-order valence-electron chi connectivity index (χ4n) is 1.35. The van der Waals surface area contributed by atoms with E-state index in [1.165, 1.54) is 12.1 Å². The Morgan fingerprint density at radius 1 is 1.28 bits per heavy atom. The molecule has 0 saturated carbocycles. The summed E-state index contributed by atoms with van der Waals surface area (Å²) in [7, 11) is 0. The summed E-state index contributed by atoms with van der Waals surface area (Å²) in [5.41, 5.74) is 6.96. The number of carboxylic acid groups (broad SMARTS) is 2. The van der Waals surface area contributed by atoms with Crippen LogP contribution >= 0.6 is 0 Å². The number of hydrogen-bond acceptors (Lipinski definition) is 3. The zero-order valence-electron chi connectivity index (χ0n) is 8.80. The molecule has 1 aromatic carbocycles. The van der Waals surface area contributed by atoms with Gasteiger partial charge in [0, 0.05) is 5.69 Å². The number of nitrogen functional groups attached to an aromatic ring is 1. The molecule has 1 unspecified atom stereocenters. The van der Waals surface area contributed by atoms with Crippen LogP contribution in [-0.4, -0.2) is 81.3 Å². The van der Waals surface area contributed by atoms with Crippen LogP contribution in [0.4, 0.5) is 5.69 Å². The molecule has 1 aromatic rings. The third kappa shape index (κ3) is 5.73. The Balaban J connectivity index is 0. The fraction of sp³-hybridized carbons (Fsp3) is 0.273. The van der Waals surface area contributed by atoms with Crippen molar-refractivity contribution in [2.45, 2.75) is 19.3 Å². The van der Waals surface area contributed by atoms with E-state index in [9.17, 15) is 9.59 Å². The topological polar surface area (TPSA) is 101 Å². The molecular weight excluding hydrogens is 256 g/mol. The van der Waals surface area contributed by atoms with Crippen molar-refractivity contribution in [2.75, 3.05) is 5.73 Å². The minimum absolute atomic E-state index is 0. The first-order chi connectivity index (χ1) is 7.41. The summed E-state index contributed by atoms with van der Waals surface area (Å²) in [5, 5.41) is 17.5. The van der Waals surface area contributed by atoms with Gasteiger partial charge < -0.3 is 15.9 Å². The molecule has 0 aliphatic rings. The molecule has 4 N–H and O–H groups in total. The molecule has 18 heavy (non-hydrogen) atoms. The van der Waals surface area contributed by atoms with Crippen LogP contribution in [0.2, 0.25) is 0 Å². The van der Waals surface area contributed by atoms with Gasteiger partial charge >= 0.3 is 71.1 Å². The zero-order chi connectivity index (χ0) is 12.3. The normalized spacial score (nSPS) is 10.7. The Labute approximate surface area is 149 Å². The Morgan fingerprint density at radius 2 is 1.83 bits per heavy atom. The van der Waals surface area contributed by atoms with E-state index >= 15 is 0 Å². The summed E-state index contributed by atoms with van der Waals surface area (Å²) in [6.45, 7) is 1.54. The van der Waals surface area contributed by atoms with Crippen LogP contribution in [-0.2, 0) is 16.0 Å². The predicted molar refractivity (Wildman–Crippen MR) is 72.5 cm³/mol. The summed E-state index contributed by atoms with van der Waals surface area (Å²) >= 11 is 0. The van der Waals surface area contributed by atoms with Gasteiger partial charge in [0.15, 0.2) is 0 Å². The fourth-order valence-corrected chi connectivity index (χ4v) is 1.35. The Hall–Kier alpha value is -0.0400. The second-order valence-electron chi connectivity index (χ2n) is 3.59. The molecule has 1 rings (SSSR count). The summed E-state index contributed by atoms with van der Waals surface area (Å²) in [4.78, 5) is 21.3. The van der Waals surface area contributed by atoms with E-state index in [1.807, 2.05) is 0 Å². The number of nitrogens with two attached hydrogens (primary N) is 1. The Bertz CT molecular complexity index is 437. The van der Waals surface area contributed by atoms with Crippen LogP contribution in [0.25, 0.3) is 0 Å². The average Bonchev–Trinajstić information content (AvgIpc) is 2.19. The third-order valence-electron chi connectivity index (χ3n) is 2.38. The van der Waals surface area contributed by atoms with Crippen LogP contribution in [0, 0.1) is 0 Å². The number of aliphatic carboxylic acids is 2. The van der Waals surface area contributed by atoms with Crippen LogP contribution in [0.1, 0.15) is 24.0 Å². The van der Waals surface area contributed by atoms with E-state index in [1.54, 1.807) is 13.0 Å². The molecule has 0 saturated heterocycles. The molecule has 0 aliphatic carbocycles. The number of benzene rings is 1. The maximum atomic E-state index is 10.8. The average molecular weight is 271 g/mol. The van der Waals surface area contributed by atoms with Gasteiger partial charge in [-0.2, -0.15) is 0 Å². The van der Waals surface area contributed by atoms with E-state index in [0.717, 1.165) is 0 Å². The van der Waals surface area contributed by atoms with Crippen molar-refractivity contribution < 1.29 is 19.8 Å².